The number of halogens is 2. The highest BCUT2D eigenvalue weighted by Gasteiger charge is 2.43. The molecule has 0 bridgehead atoms. The number of hydrogen-bond acceptors (Lipinski definition) is 7. The zero-order chi connectivity index (χ0) is 23.7. The van der Waals surface area contributed by atoms with Crippen molar-refractivity contribution < 1.29 is 37.3 Å². The fraction of sp³-hybridized carbons (Fsp3) is 0.348. The van der Waals surface area contributed by atoms with Gasteiger partial charge in [-0.3, -0.25) is 9.59 Å². The number of alkyl halides is 2. The lowest BCUT2D eigenvalue weighted by Gasteiger charge is -2.34. The van der Waals surface area contributed by atoms with Crippen molar-refractivity contribution >= 4 is 17.9 Å². The third kappa shape index (κ3) is 4.79. The van der Waals surface area contributed by atoms with Crippen molar-refractivity contribution in [3.8, 4) is 17.4 Å². The minimum atomic E-state index is -3.69. The Morgan fingerprint density at radius 3 is 2.50 bits per heavy atom. The first-order valence-electron chi connectivity index (χ1n) is 10.7. The molecule has 1 aromatic carbocycles. The van der Waals surface area contributed by atoms with Gasteiger partial charge in [-0.1, -0.05) is 6.07 Å². The van der Waals surface area contributed by atoms with Crippen LogP contribution in [0.1, 0.15) is 15.9 Å². The lowest BCUT2D eigenvalue weighted by molar-refractivity contribution is -0.286. The monoisotopic (exact) mass is 473 g/mol. The van der Waals surface area contributed by atoms with E-state index in [4.69, 9.17) is 9.47 Å². The largest absolute Gasteiger partial charge is 0.586 e. The number of carbonyl (C=O) groups is 2. The highest BCUT2D eigenvalue weighted by atomic mass is 19.3. The average Bonchev–Trinajstić information content (AvgIpc) is 3.12. The topological polar surface area (TPSA) is 90.4 Å². The van der Waals surface area contributed by atoms with E-state index in [9.17, 15) is 18.4 Å². The Kier molecular flexibility index (Phi) is 5.78. The highest BCUT2D eigenvalue weighted by molar-refractivity contribution is 5.95. The molecule has 3 aliphatic rings. The van der Waals surface area contributed by atoms with Crippen molar-refractivity contribution in [3.05, 3.63) is 53.7 Å². The molecule has 1 aromatic heterocycles. The summed E-state index contributed by atoms with van der Waals surface area (Å²) < 4.78 is 45.8. The fourth-order valence-corrected chi connectivity index (χ4v) is 3.71. The molecule has 9 nitrogen and oxygen atoms in total. The summed E-state index contributed by atoms with van der Waals surface area (Å²) in [6, 6.07) is 7.53. The van der Waals surface area contributed by atoms with Gasteiger partial charge in [0.1, 0.15) is 6.10 Å². The standard InChI is InChI=1S/C23H21F2N3O6/c24-23(25)33-18-3-1-15(11-19(18)34-23)2-4-21(29)27-7-9-28(10-8-27)22(30)16-5-6-26-20(12-16)32-17-13-31-14-17/h1-6,11-12,17H,7-10,13-14H2/b4-2+. The van der Waals surface area contributed by atoms with E-state index in [2.05, 4.69) is 14.5 Å². The third-order valence-electron chi connectivity index (χ3n) is 5.60. The molecule has 2 fully saturated rings. The van der Waals surface area contributed by atoms with Gasteiger partial charge >= 0.3 is 6.29 Å². The number of fused-ring (bicyclic) bond motifs is 1. The van der Waals surface area contributed by atoms with Gasteiger partial charge in [-0.15, -0.1) is 8.78 Å². The summed E-state index contributed by atoms with van der Waals surface area (Å²) in [5.74, 6) is -0.156. The number of aromatic nitrogens is 1. The van der Waals surface area contributed by atoms with Crippen molar-refractivity contribution in [2.45, 2.75) is 12.4 Å². The minimum Gasteiger partial charge on any atom is -0.469 e. The van der Waals surface area contributed by atoms with Gasteiger partial charge in [0.05, 0.1) is 13.2 Å². The second-order valence-electron chi connectivity index (χ2n) is 7.98. The normalized spacial score (nSPS) is 19.2. The maximum atomic E-state index is 13.1. The Morgan fingerprint density at radius 2 is 1.76 bits per heavy atom. The van der Waals surface area contributed by atoms with Gasteiger partial charge < -0.3 is 28.7 Å². The average molecular weight is 473 g/mol. The van der Waals surface area contributed by atoms with Crippen LogP contribution < -0.4 is 14.2 Å². The molecule has 2 aromatic rings. The number of pyridine rings is 1. The lowest BCUT2D eigenvalue weighted by atomic mass is 10.1. The smallest absolute Gasteiger partial charge is 0.469 e. The van der Waals surface area contributed by atoms with Crippen LogP contribution in [0.2, 0.25) is 0 Å². The molecule has 2 saturated heterocycles. The molecule has 11 heteroatoms. The molecule has 4 heterocycles. The van der Waals surface area contributed by atoms with Gasteiger partial charge in [0.15, 0.2) is 11.5 Å². The molecule has 0 unspecified atom stereocenters. The first kappa shape index (κ1) is 22.1. The second-order valence-corrected chi connectivity index (χ2v) is 7.98. The van der Waals surface area contributed by atoms with Crippen LogP contribution >= 0.6 is 0 Å². The number of ether oxygens (including phenoxy) is 4. The van der Waals surface area contributed by atoms with Gasteiger partial charge in [0.25, 0.3) is 5.91 Å². The Hall–Kier alpha value is -3.73. The van der Waals surface area contributed by atoms with Crippen molar-refractivity contribution in [2.75, 3.05) is 39.4 Å². The lowest BCUT2D eigenvalue weighted by Crippen LogP contribution is -2.50. The first-order chi connectivity index (χ1) is 16.4. The SMILES string of the molecule is O=C(/C=C/c1ccc2c(c1)OC(F)(F)O2)N1CCN(C(=O)c2ccnc(OC3COC3)c2)CC1. The van der Waals surface area contributed by atoms with Crippen molar-refractivity contribution in [2.24, 2.45) is 0 Å². The summed E-state index contributed by atoms with van der Waals surface area (Å²) in [4.78, 5) is 32.9. The number of benzene rings is 1. The van der Waals surface area contributed by atoms with E-state index in [0.29, 0.717) is 56.4 Å². The van der Waals surface area contributed by atoms with Crippen LogP contribution in [0, 0.1) is 0 Å². The highest BCUT2D eigenvalue weighted by Crippen LogP contribution is 2.41. The Labute approximate surface area is 193 Å². The van der Waals surface area contributed by atoms with E-state index < -0.39 is 6.29 Å². The predicted octanol–water partition coefficient (Wildman–Crippen LogP) is 2.18. The maximum absolute atomic E-state index is 13.1. The van der Waals surface area contributed by atoms with Crippen LogP contribution in [0.15, 0.2) is 42.6 Å². The third-order valence-corrected chi connectivity index (χ3v) is 5.60. The Bertz CT molecular complexity index is 1130. The molecular formula is C23H21F2N3O6. The van der Waals surface area contributed by atoms with E-state index in [1.165, 1.54) is 30.5 Å². The zero-order valence-corrected chi connectivity index (χ0v) is 18.0. The number of amides is 2. The molecule has 2 amide bonds. The molecule has 0 atom stereocenters. The van der Waals surface area contributed by atoms with Crippen LogP contribution in [-0.2, 0) is 9.53 Å². The molecule has 34 heavy (non-hydrogen) atoms. The van der Waals surface area contributed by atoms with Crippen LogP contribution in [0.5, 0.6) is 17.4 Å². The van der Waals surface area contributed by atoms with Gasteiger partial charge in [-0.2, -0.15) is 0 Å². The number of carbonyl (C=O) groups excluding carboxylic acids is 2. The summed E-state index contributed by atoms with van der Waals surface area (Å²) in [5.41, 5.74) is 0.990. The molecular weight excluding hydrogens is 452 g/mol. The number of nitrogens with zero attached hydrogens (tertiary/aromatic N) is 3. The Balaban J connectivity index is 1.14. The van der Waals surface area contributed by atoms with E-state index in [1.54, 1.807) is 28.0 Å². The van der Waals surface area contributed by atoms with Gasteiger partial charge in [0, 0.05) is 50.1 Å². The first-order valence-corrected chi connectivity index (χ1v) is 10.7. The van der Waals surface area contributed by atoms with Gasteiger partial charge in [-0.05, 0) is 29.8 Å². The fourth-order valence-electron chi connectivity index (χ4n) is 3.71. The van der Waals surface area contributed by atoms with Crippen molar-refractivity contribution in [1.29, 1.82) is 0 Å². The predicted molar refractivity (Wildman–Crippen MR) is 114 cm³/mol. The summed E-state index contributed by atoms with van der Waals surface area (Å²) >= 11 is 0. The second kappa shape index (κ2) is 8.90. The zero-order valence-electron chi connectivity index (χ0n) is 18.0. The van der Waals surface area contributed by atoms with Crippen LogP contribution in [-0.4, -0.2) is 78.4 Å². The van der Waals surface area contributed by atoms with Gasteiger partial charge in [0.2, 0.25) is 11.8 Å². The summed E-state index contributed by atoms with van der Waals surface area (Å²) in [5, 5.41) is 0. The molecule has 0 spiro atoms. The summed E-state index contributed by atoms with van der Waals surface area (Å²) in [7, 11) is 0. The molecule has 178 valence electrons. The van der Waals surface area contributed by atoms with E-state index >= 15 is 0 Å². The van der Waals surface area contributed by atoms with E-state index in [0.717, 1.165) is 0 Å². The van der Waals surface area contributed by atoms with E-state index in [1.807, 2.05) is 0 Å². The van der Waals surface area contributed by atoms with E-state index in [-0.39, 0.29) is 29.4 Å². The van der Waals surface area contributed by atoms with Crippen molar-refractivity contribution in [1.82, 2.24) is 14.8 Å². The molecule has 0 N–H and O–H groups in total. The summed E-state index contributed by atoms with van der Waals surface area (Å²) in [6.45, 7) is 2.52. The Morgan fingerprint density at radius 1 is 1.03 bits per heavy atom. The van der Waals surface area contributed by atoms with Crippen LogP contribution in [0.3, 0.4) is 0 Å². The molecule has 0 aliphatic carbocycles. The molecule has 0 radical (unpaired) electrons. The van der Waals surface area contributed by atoms with Crippen LogP contribution in [0.4, 0.5) is 8.78 Å². The molecule has 3 aliphatic heterocycles. The summed E-state index contributed by atoms with van der Waals surface area (Å²) in [6.07, 6.45) is 0.687. The molecule has 0 saturated carbocycles. The van der Waals surface area contributed by atoms with Crippen molar-refractivity contribution in [3.63, 3.8) is 0 Å². The molecule has 5 rings (SSSR count). The quantitative estimate of drug-likeness (QED) is 0.615. The number of piperazine rings is 1. The maximum Gasteiger partial charge on any atom is 0.586 e. The number of hydrogen-bond donors (Lipinski definition) is 0. The van der Waals surface area contributed by atoms with Crippen LogP contribution in [0.25, 0.3) is 6.08 Å². The van der Waals surface area contributed by atoms with Gasteiger partial charge in [-0.25, -0.2) is 4.98 Å². The minimum absolute atomic E-state index is 0.0425. The number of rotatable bonds is 5.